The lowest BCUT2D eigenvalue weighted by atomic mass is 10.2. The molecule has 0 aliphatic rings. The third-order valence-corrected chi connectivity index (χ3v) is 2.29. The topological polar surface area (TPSA) is 95.6 Å². The van der Waals surface area contributed by atoms with Gasteiger partial charge in [0.25, 0.3) is 5.91 Å². The van der Waals surface area contributed by atoms with Crippen molar-refractivity contribution < 1.29 is 19.4 Å². The molecule has 1 heterocycles. The van der Waals surface area contributed by atoms with Gasteiger partial charge in [0.1, 0.15) is 17.3 Å². The third kappa shape index (κ3) is 2.60. The summed E-state index contributed by atoms with van der Waals surface area (Å²) in [6.45, 7) is 1.86. The number of aryl methyl sites for hydroxylation is 1. The Balaban J connectivity index is 2.05. The molecule has 0 fully saturated rings. The van der Waals surface area contributed by atoms with Crippen molar-refractivity contribution in [2.24, 2.45) is 0 Å². The van der Waals surface area contributed by atoms with E-state index in [1.54, 1.807) is 13.1 Å². The molecule has 0 saturated heterocycles. The number of rotatable bonds is 3. The molecule has 18 heavy (non-hydrogen) atoms. The molecule has 0 atom stereocenters. The number of aromatic nitrogens is 1. The predicted molar refractivity (Wildman–Crippen MR) is 62.2 cm³/mol. The maximum absolute atomic E-state index is 11.7. The Hall–Kier alpha value is -2.50. The second-order valence-corrected chi connectivity index (χ2v) is 3.75. The molecule has 1 amide bonds. The first kappa shape index (κ1) is 12.0. The minimum Gasteiger partial charge on any atom is -0.508 e. The number of aromatic hydroxyl groups is 2. The molecule has 94 valence electrons. The second-order valence-electron chi connectivity index (χ2n) is 3.75. The van der Waals surface area contributed by atoms with E-state index in [4.69, 9.17) is 4.42 Å². The van der Waals surface area contributed by atoms with Gasteiger partial charge >= 0.3 is 0 Å². The van der Waals surface area contributed by atoms with Gasteiger partial charge in [0, 0.05) is 0 Å². The number of oxazole rings is 1. The molecule has 0 saturated carbocycles. The zero-order valence-electron chi connectivity index (χ0n) is 9.67. The van der Waals surface area contributed by atoms with Crippen LogP contribution in [-0.2, 0) is 6.54 Å². The van der Waals surface area contributed by atoms with Crippen LogP contribution in [0.5, 0.6) is 11.5 Å². The van der Waals surface area contributed by atoms with Gasteiger partial charge in [0.2, 0.25) is 5.89 Å². The van der Waals surface area contributed by atoms with Crippen LogP contribution in [0.4, 0.5) is 0 Å². The van der Waals surface area contributed by atoms with Crippen molar-refractivity contribution in [1.29, 1.82) is 0 Å². The molecule has 0 bridgehead atoms. The number of benzene rings is 1. The lowest BCUT2D eigenvalue weighted by Crippen LogP contribution is -2.22. The molecule has 2 aromatic rings. The summed E-state index contributed by atoms with van der Waals surface area (Å²) in [6, 6.07) is 3.73. The van der Waals surface area contributed by atoms with Crippen molar-refractivity contribution in [3.8, 4) is 11.5 Å². The summed E-state index contributed by atoms with van der Waals surface area (Å²) in [7, 11) is 0. The van der Waals surface area contributed by atoms with E-state index in [9.17, 15) is 15.0 Å². The summed E-state index contributed by atoms with van der Waals surface area (Å²) in [6.07, 6.45) is 1.55. The summed E-state index contributed by atoms with van der Waals surface area (Å²) in [5.41, 5.74) is -0.00159. The Morgan fingerprint density at radius 2 is 2.22 bits per heavy atom. The SMILES string of the molecule is Cc1cnc(CNC(=O)c2cc(O)ccc2O)o1. The van der Waals surface area contributed by atoms with Gasteiger partial charge in [0.15, 0.2) is 0 Å². The second kappa shape index (κ2) is 4.79. The monoisotopic (exact) mass is 248 g/mol. The van der Waals surface area contributed by atoms with Crippen molar-refractivity contribution >= 4 is 5.91 Å². The van der Waals surface area contributed by atoms with Gasteiger partial charge < -0.3 is 19.9 Å². The average molecular weight is 248 g/mol. The van der Waals surface area contributed by atoms with Gasteiger partial charge in [-0.15, -0.1) is 0 Å². The highest BCUT2D eigenvalue weighted by Gasteiger charge is 2.12. The van der Waals surface area contributed by atoms with Gasteiger partial charge in [-0.05, 0) is 25.1 Å². The van der Waals surface area contributed by atoms with E-state index in [0.717, 1.165) is 0 Å². The van der Waals surface area contributed by atoms with E-state index in [1.165, 1.54) is 18.2 Å². The van der Waals surface area contributed by atoms with Crippen LogP contribution in [0.15, 0.2) is 28.8 Å². The molecule has 0 unspecified atom stereocenters. The molecule has 6 nitrogen and oxygen atoms in total. The number of phenolic OH excluding ortho intramolecular Hbond substituents is 2. The van der Waals surface area contributed by atoms with Gasteiger partial charge in [-0.2, -0.15) is 0 Å². The molecular formula is C12H12N2O4. The molecule has 0 spiro atoms. The number of hydrogen-bond donors (Lipinski definition) is 3. The summed E-state index contributed by atoms with van der Waals surface area (Å²) >= 11 is 0. The standard InChI is InChI=1S/C12H12N2O4/c1-7-5-13-11(18-7)6-14-12(17)9-4-8(15)2-3-10(9)16/h2-5,15-16H,6H2,1H3,(H,14,17). The van der Waals surface area contributed by atoms with Crippen LogP contribution >= 0.6 is 0 Å². The molecule has 0 radical (unpaired) electrons. The predicted octanol–water partition coefficient (Wildman–Crippen LogP) is 1.32. The molecule has 6 heteroatoms. The van der Waals surface area contributed by atoms with Crippen molar-refractivity contribution in [2.45, 2.75) is 13.5 Å². The third-order valence-electron chi connectivity index (χ3n) is 2.29. The normalized spacial score (nSPS) is 10.3. The zero-order valence-corrected chi connectivity index (χ0v) is 9.67. The summed E-state index contributed by atoms with van der Waals surface area (Å²) in [5, 5.41) is 21.3. The van der Waals surface area contributed by atoms with E-state index in [0.29, 0.717) is 11.7 Å². The van der Waals surface area contributed by atoms with Gasteiger partial charge in [-0.3, -0.25) is 4.79 Å². The number of nitrogens with zero attached hydrogens (tertiary/aromatic N) is 1. The number of carbonyl (C=O) groups is 1. The van der Waals surface area contributed by atoms with Gasteiger partial charge in [-0.1, -0.05) is 0 Å². The zero-order chi connectivity index (χ0) is 13.1. The first-order chi connectivity index (χ1) is 8.56. The fraction of sp³-hybridized carbons (Fsp3) is 0.167. The minimum atomic E-state index is -0.515. The number of hydrogen-bond acceptors (Lipinski definition) is 5. The Kier molecular flexibility index (Phi) is 3.18. The summed E-state index contributed by atoms with van der Waals surface area (Å²) < 4.78 is 5.19. The summed E-state index contributed by atoms with van der Waals surface area (Å²) in [5.74, 6) is 0.220. The smallest absolute Gasteiger partial charge is 0.255 e. The van der Waals surface area contributed by atoms with Crippen molar-refractivity contribution in [3.63, 3.8) is 0 Å². The number of amides is 1. The number of carbonyl (C=O) groups excluding carboxylic acids is 1. The van der Waals surface area contributed by atoms with Crippen LogP contribution in [0.1, 0.15) is 22.0 Å². The Morgan fingerprint density at radius 1 is 1.44 bits per heavy atom. The number of phenols is 2. The summed E-state index contributed by atoms with van der Waals surface area (Å²) in [4.78, 5) is 15.7. The van der Waals surface area contributed by atoms with Crippen LogP contribution in [0.2, 0.25) is 0 Å². The van der Waals surface area contributed by atoms with E-state index in [-0.39, 0.29) is 23.6 Å². The Labute approximate surface area is 103 Å². The Bertz CT molecular complexity index is 577. The molecule has 0 aliphatic heterocycles. The van der Waals surface area contributed by atoms with Crippen LogP contribution in [0.25, 0.3) is 0 Å². The van der Waals surface area contributed by atoms with Crippen molar-refractivity contribution in [1.82, 2.24) is 10.3 Å². The van der Waals surface area contributed by atoms with Gasteiger partial charge in [-0.25, -0.2) is 4.98 Å². The lowest BCUT2D eigenvalue weighted by molar-refractivity contribution is 0.0944. The maximum atomic E-state index is 11.7. The fourth-order valence-corrected chi connectivity index (χ4v) is 1.44. The minimum absolute atomic E-state index is 0.00159. The molecular weight excluding hydrogens is 236 g/mol. The largest absolute Gasteiger partial charge is 0.508 e. The highest BCUT2D eigenvalue weighted by molar-refractivity contribution is 5.97. The highest BCUT2D eigenvalue weighted by Crippen LogP contribution is 2.21. The number of nitrogens with one attached hydrogen (secondary N) is 1. The first-order valence-electron chi connectivity index (χ1n) is 5.28. The molecule has 1 aromatic carbocycles. The molecule has 0 aliphatic carbocycles. The van der Waals surface area contributed by atoms with E-state index >= 15 is 0 Å². The van der Waals surface area contributed by atoms with Crippen LogP contribution < -0.4 is 5.32 Å². The van der Waals surface area contributed by atoms with Crippen LogP contribution in [-0.4, -0.2) is 21.1 Å². The highest BCUT2D eigenvalue weighted by atomic mass is 16.4. The van der Waals surface area contributed by atoms with Crippen molar-refractivity contribution in [2.75, 3.05) is 0 Å². The van der Waals surface area contributed by atoms with Crippen LogP contribution in [0.3, 0.4) is 0 Å². The Morgan fingerprint density at radius 3 is 2.89 bits per heavy atom. The van der Waals surface area contributed by atoms with Gasteiger partial charge in [0.05, 0.1) is 18.3 Å². The molecule has 2 rings (SSSR count). The van der Waals surface area contributed by atoms with E-state index < -0.39 is 5.91 Å². The average Bonchev–Trinajstić information content (AvgIpc) is 2.75. The lowest BCUT2D eigenvalue weighted by Gasteiger charge is -2.05. The molecule has 1 aromatic heterocycles. The van der Waals surface area contributed by atoms with Crippen molar-refractivity contribution in [3.05, 3.63) is 41.6 Å². The fourth-order valence-electron chi connectivity index (χ4n) is 1.44. The maximum Gasteiger partial charge on any atom is 0.255 e. The van der Waals surface area contributed by atoms with Crippen LogP contribution in [0, 0.1) is 6.92 Å². The van der Waals surface area contributed by atoms with E-state index in [1.807, 2.05) is 0 Å². The quantitative estimate of drug-likeness (QED) is 0.712. The molecule has 3 N–H and O–H groups in total. The first-order valence-corrected chi connectivity index (χ1v) is 5.28. The van der Waals surface area contributed by atoms with E-state index in [2.05, 4.69) is 10.3 Å².